The summed E-state index contributed by atoms with van der Waals surface area (Å²) in [5, 5.41) is 0. The highest BCUT2D eigenvalue weighted by molar-refractivity contribution is 6.23. The highest BCUT2D eigenvalue weighted by Gasteiger charge is 2.67. The molecule has 0 spiro atoms. The molecule has 1 aromatic carbocycles. The van der Waals surface area contributed by atoms with Crippen molar-refractivity contribution in [3.63, 3.8) is 0 Å². The van der Waals surface area contributed by atoms with Gasteiger partial charge in [-0.1, -0.05) is 24.3 Å². The highest BCUT2D eigenvalue weighted by Crippen LogP contribution is 2.53. The molecule has 9 heteroatoms. The van der Waals surface area contributed by atoms with Crippen LogP contribution in [0.1, 0.15) is 27.7 Å². The minimum Gasteiger partial charge on any atom is -0.365 e. The van der Waals surface area contributed by atoms with E-state index in [9.17, 15) is 9.59 Å². The van der Waals surface area contributed by atoms with Gasteiger partial charge in [-0.15, -0.1) is 0 Å². The molecule has 2 bridgehead atoms. The monoisotopic (exact) mass is 469 g/mol. The summed E-state index contributed by atoms with van der Waals surface area (Å²) >= 11 is 0. The average molecular weight is 469 g/mol. The summed E-state index contributed by atoms with van der Waals surface area (Å²) < 4.78 is 37.2. The van der Waals surface area contributed by atoms with E-state index in [2.05, 4.69) is 0 Å². The van der Waals surface area contributed by atoms with Crippen LogP contribution in [0.25, 0.3) is 0 Å². The van der Waals surface area contributed by atoms with E-state index >= 15 is 0 Å². The Hall–Kier alpha value is -2.14. The Kier molecular flexibility index (Phi) is 4.20. The van der Waals surface area contributed by atoms with Crippen LogP contribution in [0.3, 0.4) is 0 Å². The fourth-order valence-electron chi connectivity index (χ4n) is 6.40. The summed E-state index contributed by atoms with van der Waals surface area (Å²) in [6.45, 7) is 7.39. The van der Waals surface area contributed by atoms with E-state index in [1.807, 2.05) is 52.0 Å². The molecule has 0 aromatic heterocycles. The van der Waals surface area contributed by atoms with Crippen molar-refractivity contribution >= 4 is 17.5 Å². The predicted molar refractivity (Wildman–Crippen MR) is 115 cm³/mol. The third kappa shape index (κ3) is 2.82. The van der Waals surface area contributed by atoms with Gasteiger partial charge in [0.25, 0.3) is 0 Å². The summed E-state index contributed by atoms with van der Waals surface area (Å²) in [5.41, 5.74) is 1.39. The Morgan fingerprint density at radius 1 is 0.735 bits per heavy atom. The van der Waals surface area contributed by atoms with Gasteiger partial charge < -0.3 is 28.4 Å². The molecule has 6 heterocycles. The van der Waals surface area contributed by atoms with Crippen molar-refractivity contribution in [3.05, 3.63) is 42.0 Å². The van der Waals surface area contributed by atoms with E-state index in [4.69, 9.17) is 28.4 Å². The number of nitrogens with zero attached hydrogens (tertiary/aromatic N) is 1. The van der Waals surface area contributed by atoms with Crippen molar-refractivity contribution < 1.29 is 38.0 Å². The normalized spacial score (nSPS) is 45.4. The van der Waals surface area contributed by atoms with Crippen LogP contribution in [-0.2, 0) is 38.0 Å². The fourth-order valence-corrected chi connectivity index (χ4v) is 6.40. The standard InChI is InChI=1S/C25H27NO8/c1-24(2)31-18-17(30-23-20(19(18)32-24)33-25(3,4)34-23)12-10-13-14-15(16(12)29-13)22(28)26(21(14)27)11-8-6-5-7-9-11/h5-10,13-20,23H,1-4H3/t13-,14+,15+,16+,17+,18+,19+,20-,23-/m1/s1. The van der Waals surface area contributed by atoms with Gasteiger partial charge in [0.1, 0.15) is 24.4 Å². The summed E-state index contributed by atoms with van der Waals surface area (Å²) in [5.74, 6) is -3.23. The van der Waals surface area contributed by atoms with E-state index in [0.29, 0.717) is 5.69 Å². The summed E-state index contributed by atoms with van der Waals surface area (Å²) in [6.07, 6.45) is -1.60. The first-order valence-electron chi connectivity index (χ1n) is 11.8. The SMILES string of the molecule is CC1(C)O[C@H]2[C@@H](O1)[C@H](C1=C[C@H]3O[C@@H]1[C@H]1C(=O)N(c4ccccc4)C(=O)[C@H]13)O[C@@H]1OC(C)(C)O[C@@H]12. The average Bonchev–Trinajstić information content (AvgIpc) is 3.54. The largest absolute Gasteiger partial charge is 0.365 e. The number of amides is 2. The van der Waals surface area contributed by atoms with Gasteiger partial charge in [0.2, 0.25) is 11.8 Å². The molecule has 180 valence electrons. The van der Waals surface area contributed by atoms with Gasteiger partial charge in [0.15, 0.2) is 17.9 Å². The van der Waals surface area contributed by atoms with E-state index in [1.54, 1.807) is 12.1 Å². The van der Waals surface area contributed by atoms with Crippen LogP contribution in [-0.4, -0.2) is 66.3 Å². The van der Waals surface area contributed by atoms with Crippen LogP contribution in [0.4, 0.5) is 5.69 Å². The van der Waals surface area contributed by atoms with Crippen LogP contribution in [0.15, 0.2) is 42.0 Å². The molecular weight excluding hydrogens is 442 g/mol. The topological polar surface area (TPSA) is 92.8 Å². The number of hydrogen-bond donors (Lipinski definition) is 0. The third-order valence-corrected chi connectivity index (χ3v) is 7.56. The van der Waals surface area contributed by atoms with Crippen LogP contribution in [0.2, 0.25) is 0 Å². The molecule has 2 amide bonds. The number of anilines is 1. The summed E-state index contributed by atoms with van der Waals surface area (Å²) in [7, 11) is 0. The van der Waals surface area contributed by atoms with E-state index in [0.717, 1.165) is 5.57 Å². The second kappa shape index (κ2) is 6.75. The van der Waals surface area contributed by atoms with E-state index < -0.39 is 66.3 Å². The van der Waals surface area contributed by atoms with Gasteiger partial charge in [-0.25, -0.2) is 4.90 Å². The number of carbonyl (C=O) groups excluding carboxylic acids is 2. The Morgan fingerprint density at radius 2 is 1.38 bits per heavy atom. The first-order chi connectivity index (χ1) is 16.1. The lowest BCUT2D eigenvalue weighted by Crippen LogP contribution is -2.56. The molecular formula is C25H27NO8. The van der Waals surface area contributed by atoms with Gasteiger partial charge in [0, 0.05) is 0 Å². The number of rotatable bonds is 2. The predicted octanol–water partition coefficient (Wildman–Crippen LogP) is 1.90. The molecule has 9 nitrogen and oxygen atoms in total. The molecule has 6 aliphatic heterocycles. The minimum absolute atomic E-state index is 0.220. The van der Waals surface area contributed by atoms with Crippen LogP contribution in [0, 0.1) is 11.8 Å². The number of para-hydroxylation sites is 1. The second-order valence-electron chi connectivity index (χ2n) is 10.7. The second-order valence-corrected chi connectivity index (χ2v) is 10.7. The van der Waals surface area contributed by atoms with Crippen molar-refractivity contribution in [2.75, 3.05) is 4.90 Å². The summed E-state index contributed by atoms with van der Waals surface area (Å²) in [4.78, 5) is 28.0. The van der Waals surface area contributed by atoms with Crippen molar-refractivity contribution in [2.45, 2.75) is 82.2 Å². The first kappa shape index (κ1) is 21.2. The lowest BCUT2D eigenvalue weighted by molar-refractivity contribution is -0.226. The molecule has 5 fully saturated rings. The number of hydrogen-bond acceptors (Lipinski definition) is 8. The molecule has 6 aliphatic rings. The number of carbonyl (C=O) groups is 2. The van der Waals surface area contributed by atoms with Crippen LogP contribution < -0.4 is 4.90 Å². The lowest BCUT2D eigenvalue weighted by Gasteiger charge is -2.39. The number of imide groups is 1. The molecule has 7 rings (SSSR count). The van der Waals surface area contributed by atoms with Gasteiger partial charge in [-0.2, -0.15) is 0 Å². The lowest BCUT2D eigenvalue weighted by atomic mass is 9.77. The molecule has 1 aromatic rings. The number of benzene rings is 1. The van der Waals surface area contributed by atoms with Gasteiger partial charge in [-0.3, -0.25) is 9.59 Å². The Labute approximate surface area is 196 Å². The fraction of sp³-hybridized carbons (Fsp3) is 0.600. The van der Waals surface area contributed by atoms with Gasteiger partial charge >= 0.3 is 0 Å². The van der Waals surface area contributed by atoms with Gasteiger partial charge in [-0.05, 0) is 45.4 Å². The molecule has 5 saturated heterocycles. The zero-order valence-electron chi connectivity index (χ0n) is 19.4. The third-order valence-electron chi connectivity index (χ3n) is 7.56. The molecule has 0 aliphatic carbocycles. The Morgan fingerprint density at radius 3 is 2.15 bits per heavy atom. The van der Waals surface area contributed by atoms with Crippen LogP contribution in [0.5, 0.6) is 0 Å². The maximum absolute atomic E-state index is 13.5. The van der Waals surface area contributed by atoms with Crippen molar-refractivity contribution in [1.82, 2.24) is 0 Å². The maximum atomic E-state index is 13.5. The molecule has 0 saturated carbocycles. The van der Waals surface area contributed by atoms with E-state index in [1.165, 1.54) is 4.90 Å². The minimum atomic E-state index is -0.827. The van der Waals surface area contributed by atoms with E-state index in [-0.39, 0.29) is 11.8 Å². The van der Waals surface area contributed by atoms with Crippen molar-refractivity contribution in [2.24, 2.45) is 11.8 Å². The molecule has 34 heavy (non-hydrogen) atoms. The molecule has 9 atom stereocenters. The smallest absolute Gasteiger partial charge is 0.240 e. The first-order valence-corrected chi connectivity index (χ1v) is 11.8. The van der Waals surface area contributed by atoms with Crippen molar-refractivity contribution in [1.29, 1.82) is 0 Å². The maximum Gasteiger partial charge on any atom is 0.240 e. The van der Waals surface area contributed by atoms with Gasteiger partial charge in [0.05, 0.1) is 29.7 Å². The molecule has 0 radical (unpaired) electrons. The number of fused-ring (bicyclic) bond motifs is 8. The molecule has 0 N–H and O–H groups in total. The Balaban J connectivity index is 1.22. The molecule has 0 unspecified atom stereocenters. The van der Waals surface area contributed by atoms with Crippen LogP contribution >= 0.6 is 0 Å². The summed E-state index contributed by atoms with van der Waals surface area (Å²) in [6, 6.07) is 9.03. The number of ether oxygens (including phenoxy) is 6. The highest BCUT2D eigenvalue weighted by atomic mass is 16.9. The Bertz CT molecular complexity index is 1100. The zero-order valence-corrected chi connectivity index (χ0v) is 19.4. The van der Waals surface area contributed by atoms with Crippen molar-refractivity contribution in [3.8, 4) is 0 Å². The zero-order chi connectivity index (χ0) is 23.6. The quantitative estimate of drug-likeness (QED) is 0.479.